The van der Waals surface area contributed by atoms with Gasteiger partial charge in [0.1, 0.15) is 0 Å². The summed E-state index contributed by atoms with van der Waals surface area (Å²) in [7, 11) is 0. The molecule has 1 N–H and O–H groups in total. The Morgan fingerprint density at radius 1 is 1.03 bits per heavy atom. The van der Waals surface area contributed by atoms with E-state index in [1.807, 2.05) is 31.2 Å². The minimum atomic E-state index is 0.0247. The number of hydrogen-bond donors (Lipinski definition) is 1. The smallest absolute Gasteiger partial charge is 0.224 e. The van der Waals surface area contributed by atoms with Gasteiger partial charge in [-0.2, -0.15) is 0 Å². The second kappa shape index (κ2) is 9.80. The fourth-order valence-corrected chi connectivity index (χ4v) is 4.79. The molecule has 1 aliphatic heterocycles. The van der Waals surface area contributed by atoms with Crippen molar-refractivity contribution in [3.8, 4) is 0 Å². The number of amides is 1. The van der Waals surface area contributed by atoms with Gasteiger partial charge in [-0.15, -0.1) is 0 Å². The molecule has 2 aromatic carbocycles. The second-order valence-corrected chi connectivity index (χ2v) is 8.99. The topological polar surface area (TPSA) is 54.5 Å². The average molecular weight is 432 g/mol. The lowest BCUT2D eigenvalue weighted by atomic mass is 9.99. The van der Waals surface area contributed by atoms with Gasteiger partial charge in [0.2, 0.25) is 5.91 Å². The van der Waals surface area contributed by atoms with E-state index in [2.05, 4.69) is 55.3 Å². The average Bonchev–Trinajstić information content (AvgIpc) is 2.75. The van der Waals surface area contributed by atoms with Crippen molar-refractivity contribution in [2.75, 3.05) is 13.1 Å². The third-order valence-electron chi connectivity index (χ3n) is 6.31. The van der Waals surface area contributed by atoms with Crippen LogP contribution in [0.5, 0.6) is 0 Å². The summed E-state index contributed by atoms with van der Waals surface area (Å²) in [6, 6.07) is 16.5. The molecule has 1 aromatic heterocycles. The number of rotatable bonds is 6. The molecule has 0 aliphatic carbocycles. The first kappa shape index (κ1) is 22.4. The molecule has 0 bridgehead atoms. The van der Waals surface area contributed by atoms with Gasteiger partial charge in [0.15, 0.2) is 0 Å². The molecule has 2 atom stereocenters. The summed E-state index contributed by atoms with van der Waals surface area (Å²) in [5.74, 6) is 0.0247. The maximum Gasteiger partial charge on any atom is 0.224 e. The van der Waals surface area contributed by atoms with Crippen molar-refractivity contribution in [1.29, 1.82) is 0 Å². The van der Waals surface area contributed by atoms with E-state index in [-0.39, 0.29) is 18.1 Å². The van der Waals surface area contributed by atoms with E-state index in [9.17, 15) is 4.79 Å². The molecule has 168 valence electrons. The number of ether oxygens (including phenoxy) is 1. The Kier molecular flexibility index (Phi) is 6.87. The fourth-order valence-electron chi connectivity index (χ4n) is 4.79. The van der Waals surface area contributed by atoms with Gasteiger partial charge in [-0.05, 0) is 56.0 Å². The molecule has 5 nitrogen and oxygen atoms in total. The highest BCUT2D eigenvalue weighted by atomic mass is 16.5. The maximum absolute atomic E-state index is 12.8. The molecule has 0 radical (unpaired) electrons. The van der Waals surface area contributed by atoms with Crippen LogP contribution in [0.4, 0.5) is 0 Å². The van der Waals surface area contributed by atoms with Gasteiger partial charge in [0.05, 0.1) is 24.1 Å². The number of nitrogens with one attached hydrogen (secondary N) is 1. The zero-order chi connectivity index (χ0) is 22.7. The summed E-state index contributed by atoms with van der Waals surface area (Å²) >= 11 is 0. The number of fused-ring (bicyclic) bond motifs is 1. The van der Waals surface area contributed by atoms with Crippen LogP contribution in [-0.2, 0) is 29.0 Å². The van der Waals surface area contributed by atoms with Crippen LogP contribution >= 0.6 is 0 Å². The zero-order valence-corrected chi connectivity index (χ0v) is 19.5. The summed E-state index contributed by atoms with van der Waals surface area (Å²) in [5.41, 5.74) is 6.48. The Bertz CT molecular complexity index is 1100. The molecule has 32 heavy (non-hydrogen) atoms. The highest BCUT2D eigenvalue weighted by Crippen LogP contribution is 2.23. The number of carbonyl (C=O) groups excluding carboxylic acids is 1. The molecule has 5 heteroatoms. The molecule has 1 fully saturated rings. The lowest BCUT2D eigenvalue weighted by Crippen LogP contribution is -2.45. The summed E-state index contributed by atoms with van der Waals surface area (Å²) < 4.78 is 5.86. The normalized spacial score (nSPS) is 19.2. The molecule has 1 aliphatic rings. The van der Waals surface area contributed by atoms with Crippen LogP contribution in [0.3, 0.4) is 0 Å². The standard InChI is InChI=1S/C27H33N3O2/c1-18-15-30(16-19(2)32-18)17-23-10-6-5-9-22(23)14-28-27(31)13-25-20(3)24-11-7-8-12-26(24)29-21(25)4/h5-12,18-19H,13-17H2,1-4H3,(H,28,31). The van der Waals surface area contributed by atoms with E-state index >= 15 is 0 Å². The predicted octanol–water partition coefficient (Wildman–Crippen LogP) is 4.32. The van der Waals surface area contributed by atoms with Crippen molar-refractivity contribution in [1.82, 2.24) is 15.2 Å². The number of aromatic nitrogens is 1. The summed E-state index contributed by atoms with van der Waals surface area (Å²) in [5, 5.41) is 4.25. The summed E-state index contributed by atoms with van der Waals surface area (Å²) in [6.07, 6.45) is 0.830. The zero-order valence-electron chi connectivity index (χ0n) is 19.5. The first-order valence-electron chi connectivity index (χ1n) is 11.5. The number of morpholine rings is 1. The third-order valence-corrected chi connectivity index (χ3v) is 6.31. The first-order valence-corrected chi connectivity index (χ1v) is 11.5. The quantitative estimate of drug-likeness (QED) is 0.632. The Labute approximate surface area is 190 Å². The Morgan fingerprint density at radius 3 is 2.44 bits per heavy atom. The highest BCUT2D eigenvalue weighted by Gasteiger charge is 2.22. The number of carbonyl (C=O) groups is 1. The molecular formula is C27H33N3O2. The van der Waals surface area contributed by atoms with E-state index in [1.165, 1.54) is 5.56 Å². The third kappa shape index (κ3) is 5.17. The van der Waals surface area contributed by atoms with Crippen LogP contribution in [0.15, 0.2) is 48.5 Å². The monoisotopic (exact) mass is 431 g/mol. The van der Waals surface area contributed by atoms with E-state index < -0.39 is 0 Å². The van der Waals surface area contributed by atoms with Gasteiger partial charge in [-0.1, -0.05) is 42.5 Å². The van der Waals surface area contributed by atoms with Crippen LogP contribution in [-0.4, -0.2) is 41.1 Å². The van der Waals surface area contributed by atoms with Crippen molar-refractivity contribution in [2.24, 2.45) is 0 Å². The van der Waals surface area contributed by atoms with Crippen LogP contribution in [0.1, 0.15) is 41.8 Å². The van der Waals surface area contributed by atoms with Crippen LogP contribution in [0.2, 0.25) is 0 Å². The first-order chi connectivity index (χ1) is 15.4. The number of aryl methyl sites for hydroxylation is 2. The van der Waals surface area contributed by atoms with Gasteiger partial charge in [0, 0.05) is 37.3 Å². The molecule has 1 amide bonds. The molecule has 2 unspecified atom stereocenters. The molecular weight excluding hydrogens is 398 g/mol. The molecule has 0 saturated carbocycles. The van der Waals surface area contributed by atoms with Gasteiger partial charge in [-0.3, -0.25) is 14.7 Å². The van der Waals surface area contributed by atoms with Crippen molar-refractivity contribution >= 4 is 16.8 Å². The molecule has 2 heterocycles. The van der Waals surface area contributed by atoms with E-state index in [0.29, 0.717) is 13.0 Å². The van der Waals surface area contributed by atoms with E-state index in [1.54, 1.807) is 0 Å². The van der Waals surface area contributed by atoms with Crippen LogP contribution in [0, 0.1) is 13.8 Å². The molecule has 1 saturated heterocycles. The summed E-state index contributed by atoms with van der Waals surface area (Å²) in [6.45, 7) is 11.6. The van der Waals surface area contributed by atoms with Crippen molar-refractivity contribution in [2.45, 2.75) is 59.4 Å². The number of nitrogens with zero attached hydrogens (tertiary/aromatic N) is 2. The van der Waals surface area contributed by atoms with Gasteiger partial charge < -0.3 is 10.1 Å². The number of hydrogen-bond acceptors (Lipinski definition) is 4. The largest absolute Gasteiger partial charge is 0.373 e. The van der Waals surface area contributed by atoms with Crippen molar-refractivity contribution in [3.63, 3.8) is 0 Å². The summed E-state index contributed by atoms with van der Waals surface area (Å²) in [4.78, 5) is 20.0. The van der Waals surface area contributed by atoms with Crippen LogP contribution in [0.25, 0.3) is 10.9 Å². The lowest BCUT2D eigenvalue weighted by Gasteiger charge is -2.35. The minimum Gasteiger partial charge on any atom is -0.373 e. The number of pyridine rings is 1. The fraction of sp³-hybridized carbons (Fsp3) is 0.407. The van der Waals surface area contributed by atoms with E-state index in [0.717, 1.165) is 52.9 Å². The number of benzene rings is 2. The number of para-hydroxylation sites is 1. The van der Waals surface area contributed by atoms with Crippen LogP contribution < -0.4 is 5.32 Å². The SMILES string of the molecule is Cc1nc2ccccc2c(C)c1CC(=O)NCc1ccccc1CN1CC(C)OC(C)C1. The Balaban J connectivity index is 1.42. The lowest BCUT2D eigenvalue weighted by molar-refractivity contribution is -0.120. The highest BCUT2D eigenvalue weighted by molar-refractivity contribution is 5.86. The predicted molar refractivity (Wildman–Crippen MR) is 128 cm³/mol. The van der Waals surface area contributed by atoms with Crippen molar-refractivity contribution in [3.05, 3.63) is 76.5 Å². The maximum atomic E-state index is 12.8. The Morgan fingerprint density at radius 2 is 1.69 bits per heavy atom. The minimum absolute atomic E-state index is 0.0247. The molecule has 0 spiro atoms. The van der Waals surface area contributed by atoms with Gasteiger partial charge >= 0.3 is 0 Å². The molecule has 3 aromatic rings. The van der Waals surface area contributed by atoms with Gasteiger partial charge in [-0.25, -0.2) is 0 Å². The molecule has 4 rings (SSSR count). The van der Waals surface area contributed by atoms with E-state index in [4.69, 9.17) is 9.72 Å². The van der Waals surface area contributed by atoms with Crippen molar-refractivity contribution < 1.29 is 9.53 Å². The second-order valence-electron chi connectivity index (χ2n) is 8.99. The Hall–Kier alpha value is -2.76. The van der Waals surface area contributed by atoms with Gasteiger partial charge in [0.25, 0.3) is 0 Å².